The Morgan fingerprint density at radius 1 is 1.32 bits per heavy atom. The second kappa shape index (κ2) is 7.51. The van der Waals surface area contributed by atoms with Gasteiger partial charge in [0.1, 0.15) is 19.5 Å². The van der Waals surface area contributed by atoms with E-state index in [-0.39, 0.29) is 17.7 Å². The maximum atomic E-state index is 12.2. The summed E-state index contributed by atoms with van der Waals surface area (Å²) in [4.78, 5) is 24.0. The maximum Gasteiger partial charge on any atom is 0.377 e. The number of rotatable bonds is 4. The number of ether oxygens (including phenoxy) is 3. The first-order valence-electron chi connectivity index (χ1n) is 7.95. The van der Waals surface area contributed by atoms with Gasteiger partial charge in [0.05, 0.1) is 0 Å². The van der Waals surface area contributed by atoms with Crippen LogP contribution in [-0.2, 0) is 23.8 Å². The van der Waals surface area contributed by atoms with Gasteiger partial charge < -0.3 is 19.5 Å². The molecule has 0 bridgehead atoms. The Bertz CT molecular complexity index is 448. The molecule has 22 heavy (non-hydrogen) atoms. The van der Waals surface area contributed by atoms with Gasteiger partial charge in [0, 0.05) is 6.04 Å². The van der Waals surface area contributed by atoms with Crippen molar-refractivity contribution < 1.29 is 23.8 Å². The van der Waals surface area contributed by atoms with Gasteiger partial charge in [-0.1, -0.05) is 26.7 Å². The van der Waals surface area contributed by atoms with E-state index in [2.05, 4.69) is 19.2 Å². The molecule has 0 saturated heterocycles. The molecule has 4 atom stereocenters. The molecule has 0 aromatic heterocycles. The van der Waals surface area contributed by atoms with Crippen molar-refractivity contribution in [1.29, 1.82) is 0 Å². The van der Waals surface area contributed by atoms with Crippen LogP contribution in [0, 0.1) is 11.8 Å². The fourth-order valence-corrected chi connectivity index (χ4v) is 2.83. The number of hydrogen-bond acceptors (Lipinski definition) is 5. The summed E-state index contributed by atoms with van der Waals surface area (Å²) < 4.78 is 15.3. The number of esters is 1. The molecule has 1 fully saturated rings. The van der Waals surface area contributed by atoms with Crippen LogP contribution in [0.3, 0.4) is 0 Å². The van der Waals surface area contributed by atoms with Crippen molar-refractivity contribution in [2.75, 3.05) is 13.2 Å². The summed E-state index contributed by atoms with van der Waals surface area (Å²) >= 11 is 0. The number of nitrogens with one attached hydrogen (secondary N) is 1. The van der Waals surface area contributed by atoms with Gasteiger partial charge in [-0.15, -0.1) is 0 Å². The molecule has 0 aromatic carbocycles. The quantitative estimate of drug-likeness (QED) is 0.801. The molecule has 2 rings (SSSR count). The molecule has 1 aliphatic carbocycles. The molecule has 1 saturated carbocycles. The van der Waals surface area contributed by atoms with Crippen LogP contribution in [0.5, 0.6) is 0 Å². The lowest BCUT2D eigenvalue weighted by atomic mass is 9.78. The molecule has 6 nitrogen and oxygen atoms in total. The highest BCUT2D eigenvalue weighted by atomic mass is 16.6. The van der Waals surface area contributed by atoms with Crippen molar-refractivity contribution in [2.45, 2.75) is 52.2 Å². The Hall–Kier alpha value is -1.72. The molecule has 1 N–H and O–H groups in total. The van der Waals surface area contributed by atoms with E-state index in [4.69, 9.17) is 14.2 Å². The average Bonchev–Trinajstić information content (AvgIpc) is 2.52. The van der Waals surface area contributed by atoms with Gasteiger partial charge in [-0.2, -0.15) is 0 Å². The van der Waals surface area contributed by atoms with Crippen LogP contribution in [0.1, 0.15) is 40.0 Å². The summed E-state index contributed by atoms with van der Waals surface area (Å²) in [6.07, 6.45) is 3.65. The Kier molecular flexibility index (Phi) is 5.69. The molecule has 1 heterocycles. The smallest absolute Gasteiger partial charge is 0.377 e. The number of carbonyl (C=O) groups is 2. The van der Waals surface area contributed by atoms with Gasteiger partial charge in [-0.05, 0) is 25.2 Å². The van der Waals surface area contributed by atoms with E-state index in [1.54, 1.807) is 6.92 Å². The first kappa shape index (κ1) is 16.6. The van der Waals surface area contributed by atoms with E-state index < -0.39 is 12.1 Å². The third kappa shape index (κ3) is 4.15. The normalized spacial score (nSPS) is 29.4. The van der Waals surface area contributed by atoms with Crippen LogP contribution >= 0.6 is 0 Å². The maximum absolute atomic E-state index is 12.2. The lowest BCUT2D eigenvalue weighted by Gasteiger charge is -2.35. The summed E-state index contributed by atoms with van der Waals surface area (Å²) in [5.41, 5.74) is 0. The number of hydrogen-bond donors (Lipinski definition) is 1. The fraction of sp³-hybridized carbons (Fsp3) is 0.750. The molecular weight excluding hydrogens is 286 g/mol. The number of carbonyl (C=O) groups excluding carboxylic acids is 2. The van der Waals surface area contributed by atoms with E-state index in [1.165, 1.54) is 12.7 Å². The zero-order valence-corrected chi connectivity index (χ0v) is 13.5. The summed E-state index contributed by atoms with van der Waals surface area (Å²) in [6.45, 7) is 6.64. The second-order valence-electron chi connectivity index (χ2n) is 6.13. The summed E-state index contributed by atoms with van der Waals surface area (Å²) in [5, 5.41) is 3.00. The summed E-state index contributed by atoms with van der Waals surface area (Å²) in [6, 6.07) is 0.144. The van der Waals surface area contributed by atoms with Crippen LogP contribution in [-0.4, -0.2) is 37.2 Å². The molecular formula is C16H25NO5. The van der Waals surface area contributed by atoms with Crippen LogP contribution < -0.4 is 5.32 Å². The van der Waals surface area contributed by atoms with E-state index >= 15 is 0 Å². The number of amides is 1. The first-order chi connectivity index (χ1) is 10.5. The zero-order chi connectivity index (χ0) is 16.1. The van der Waals surface area contributed by atoms with E-state index in [1.807, 2.05) is 0 Å². The van der Waals surface area contributed by atoms with Crippen molar-refractivity contribution in [3.8, 4) is 0 Å². The van der Waals surface area contributed by atoms with E-state index in [9.17, 15) is 9.59 Å². The van der Waals surface area contributed by atoms with Crippen molar-refractivity contribution in [2.24, 2.45) is 11.8 Å². The van der Waals surface area contributed by atoms with Gasteiger partial charge in [0.25, 0.3) is 5.91 Å². The molecule has 6 heteroatoms. The third-order valence-corrected chi connectivity index (χ3v) is 4.54. The monoisotopic (exact) mass is 311 g/mol. The molecule has 1 aliphatic heterocycles. The van der Waals surface area contributed by atoms with Gasteiger partial charge >= 0.3 is 5.97 Å². The summed E-state index contributed by atoms with van der Waals surface area (Å²) in [7, 11) is 0. The highest BCUT2D eigenvalue weighted by Crippen LogP contribution is 2.29. The Morgan fingerprint density at radius 2 is 2.09 bits per heavy atom. The Morgan fingerprint density at radius 3 is 2.77 bits per heavy atom. The summed E-state index contributed by atoms with van der Waals surface area (Å²) in [5.74, 6) is 0.0860. The Balaban J connectivity index is 1.84. The topological polar surface area (TPSA) is 73.9 Å². The molecule has 0 radical (unpaired) electrons. The largest absolute Gasteiger partial charge is 0.493 e. The van der Waals surface area contributed by atoms with Gasteiger partial charge in [-0.3, -0.25) is 4.79 Å². The minimum Gasteiger partial charge on any atom is -0.493 e. The van der Waals surface area contributed by atoms with Gasteiger partial charge in [0.2, 0.25) is 5.76 Å². The molecule has 0 unspecified atom stereocenters. The van der Waals surface area contributed by atoms with Crippen LogP contribution in [0.25, 0.3) is 0 Å². The molecule has 2 aliphatic rings. The van der Waals surface area contributed by atoms with Crippen molar-refractivity contribution in [3.05, 3.63) is 12.0 Å². The van der Waals surface area contributed by atoms with Crippen LogP contribution in [0.4, 0.5) is 0 Å². The average molecular weight is 311 g/mol. The predicted octanol–water partition coefficient (Wildman–Crippen LogP) is 1.75. The highest BCUT2D eigenvalue weighted by Gasteiger charge is 2.30. The standard InChI is InChI=1S/C16H25NO5/c1-10-5-4-6-13(11(10)2)17-15(18)12(3)22-16(19)14-9-20-7-8-21-14/h9-13H,4-8H2,1-3H3,(H,17,18)/t10-,11-,12+,13-/m1/s1. The molecule has 124 valence electrons. The molecule has 1 amide bonds. The van der Waals surface area contributed by atoms with Crippen molar-refractivity contribution in [3.63, 3.8) is 0 Å². The van der Waals surface area contributed by atoms with Crippen LogP contribution in [0.2, 0.25) is 0 Å². The van der Waals surface area contributed by atoms with Crippen molar-refractivity contribution >= 4 is 11.9 Å². The predicted molar refractivity (Wildman–Crippen MR) is 79.7 cm³/mol. The lowest BCUT2D eigenvalue weighted by molar-refractivity contribution is -0.155. The molecule has 0 spiro atoms. The minimum atomic E-state index is -0.858. The Labute approximate surface area is 131 Å². The van der Waals surface area contributed by atoms with Crippen molar-refractivity contribution in [1.82, 2.24) is 5.32 Å². The van der Waals surface area contributed by atoms with E-state index in [0.717, 1.165) is 12.8 Å². The molecule has 0 aromatic rings. The van der Waals surface area contributed by atoms with Gasteiger partial charge in [0.15, 0.2) is 6.10 Å². The highest BCUT2D eigenvalue weighted by molar-refractivity contribution is 5.89. The van der Waals surface area contributed by atoms with E-state index in [0.29, 0.717) is 25.0 Å². The van der Waals surface area contributed by atoms with Gasteiger partial charge in [-0.25, -0.2) is 4.79 Å². The SMILES string of the molecule is C[C@@H]1[C@H](C)CCC[C@H]1NC(=O)[C@H](C)OC(=O)C1=COCCO1. The second-order valence-corrected chi connectivity index (χ2v) is 6.13. The fourth-order valence-electron chi connectivity index (χ4n) is 2.83. The third-order valence-electron chi connectivity index (χ3n) is 4.54. The lowest BCUT2D eigenvalue weighted by Crippen LogP contribution is -2.47. The van der Waals surface area contributed by atoms with Crippen LogP contribution in [0.15, 0.2) is 12.0 Å². The zero-order valence-electron chi connectivity index (χ0n) is 13.5. The minimum absolute atomic E-state index is 0.00515. The first-order valence-corrected chi connectivity index (χ1v) is 7.95.